The molecule has 2 fully saturated rings. The first-order valence-electron chi connectivity index (χ1n) is 9.61. The number of hydrogen-bond donors (Lipinski definition) is 1. The summed E-state index contributed by atoms with van der Waals surface area (Å²) >= 11 is 0. The van der Waals surface area contributed by atoms with Gasteiger partial charge in [-0.3, -0.25) is 4.79 Å². The standard InChI is InChI=1S/C20H28N4O/c1-3-15-13-23(20(25)16-6-7-16)10-8-18(15)21-11-17-12-22-19-14(2)5-4-9-24(17)19/h4-5,9,12,15-16,18,21H,3,6-8,10-11,13H2,1-2H3/t15-,18-/m1/s1. The van der Waals surface area contributed by atoms with Gasteiger partial charge in [-0.1, -0.05) is 19.4 Å². The zero-order valence-corrected chi connectivity index (χ0v) is 15.2. The van der Waals surface area contributed by atoms with Gasteiger partial charge in [0.05, 0.1) is 11.9 Å². The van der Waals surface area contributed by atoms with Crippen molar-refractivity contribution in [3.63, 3.8) is 0 Å². The van der Waals surface area contributed by atoms with E-state index in [1.807, 2.05) is 6.20 Å². The number of likely N-dealkylation sites (tertiary alicyclic amines) is 1. The third-order valence-corrected chi connectivity index (χ3v) is 5.85. The molecule has 2 atom stereocenters. The highest BCUT2D eigenvalue weighted by Crippen LogP contribution is 2.33. The summed E-state index contributed by atoms with van der Waals surface area (Å²) in [6.45, 7) is 6.97. The minimum absolute atomic E-state index is 0.336. The third-order valence-electron chi connectivity index (χ3n) is 5.85. The maximum absolute atomic E-state index is 12.3. The van der Waals surface area contributed by atoms with E-state index >= 15 is 0 Å². The maximum Gasteiger partial charge on any atom is 0.225 e. The van der Waals surface area contributed by atoms with E-state index in [9.17, 15) is 4.79 Å². The smallest absolute Gasteiger partial charge is 0.225 e. The zero-order chi connectivity index (χ0) is 17.4. The molecular weight excluding hydrogens is 312 g/mol. The zero-order valence-electron chi connectivity index (χ0n) is 15.2. The Kier molecular flexibility index (Phi) is 4.50. The number of rotatable bonds is 5. The molecule has 5 heteroatoms. The number of pyridine rings is 1. The predicted octanol–water partition coefficient (Wildman–Crippen LogP) is 2.77. The van der Waals surface area contributed by atoms with E-state index in [1.54, 1.807) is 0 Å². The minimum atomic E-state index is 0.336. The number of carbonyl (C=O) groups excluding carboxylic acids is 1. The van der Waals surface area contributed by atoms with E-state index in [4.69, 9.17) is 0 Å². The van der Waals surface area contributed by atoms with Gasteiger partial charge < -0.3 is 14.6 Å². The summed E-state index contributed by atoms with van der Waals surface area (Å²) in [5.41, 5.74) is 3.44. The van der Waals surface area contributed by atoms with Gasteiger partial charge in [0.2, 0.25) is 5.91 Å². The molecule has 25 heavy (non-hydrogen) atoms. The van der Waals surface area contributed by atoms with Gasteiger partial charge in [-0.05, 0) is 43.7 Å². The molecule has 134 valence electrons. The van der Waals surface area contributed by atoms with E-state index < -0.39 is 0 Å². The number of aromatic nitrogens is 2. The fraction of sp³-hybridized carbons (Fsp3) is 0.600. The quantitative estimate of drug-likeness (QED) is 0.910. The highest BCUT2D eigenvalue weighted by Gasteiger charge is 2.37. The first kappa shape index (κ1) is 16.6. The molecule has 1 N–H and O–H groups in total. The fourth-order valence-corrected chi connectivity index (χ4v) is 4.07. The molecule has 3 heterocycles. The SMILES string of the molecule is CC[C@@H]1CN(C(=O)C2CC2)CC[C@H]1NCc1cnc2c(C)cccn12. The fourth-order valence-electron chi connectivity index (χ4n) is 4.07. The summed E-state index contributed by atoms with van der Waals surface area (Å²) in [5, 5.41) is 3.74. The van der Waals surface area contributed by atoms with Gasteiger partial charge in [-0.15, -0.1) is 0 Å². The van der Waals surface area contributed by atoms with Crippen LogP contribution in [0.5, 0.6) is 0 Å². The summed E-state index contributed by atoms with van der Waals surface area (Å²) in [7, 11) is 0. The molecule has 0 bridgehead atoms. The molecule has 2 aliphatic rings. The Morgan fingerprint density at radius 1 is 1.36 bits per heavy atom. The molecule has 5 nitrogen and oxygen atoms in total. The Morgan fingerprint density at radius 2 is 2.20 bits per heavy atom. The van der Waals surface area contributed by atoms with Crippen LogP contribution in [0.4, 0.5) is 0 Å². The Morgan fingerprint density at radius 3 is 2.96 bits per heavy atom. The van der Waals surface area contributed by atoms with Crippen LogP contribution in [0.2, 0.25) is 0 Å². The number of nitrogens with one attached hydrogen (secondary N) is 1. The monoisotopic (exact) mass is 340 g/mol. The summed E-state index contributed by atoms with van der Waals surface area (Å²) in [6, 6.07) is 4.65. The lowest BCUT2D eigenvalue weighted by Gasteiger charge is -2.39. The topological polar surface area (TPSA) is 49.6 Å². The number of aryl methyl sites for hydroxylation is 1. The molecule has 1 saturated heterocycles. The molecule has 0 radical (unpaired) electrons. The van der Waals surface area contributed by atoms with Crippen molar-refractivity contribution in [3.8, 4) is 0 Å². The van der Waals surface area contributed by atoms with Gasteiger partial charge >= 0.3 is 0 Å². The number of amides is 1. The van der Waals surface area contributed by atoms with E-state index in [0.717, 1.165) is 51.0 Å². The largest absolute Gasteiger partial charge is 0.342 e. The third kappa shape index (κ3) is 3.30. The molecule has 2 aromatic heterocycles. The lowest BCUT2D eigenvalue weighted by atomic mass is 9.89. The van der Waals surface area contributed by atoms with Crippen LogP contribution in [0.15, 0.2) is 24.5 Å². The number of nitrogens with zero attached hydrogens (tertiary/aromatic N) is 3. The summed E-state index contributed by atoms with van der Waals surface area (Å²) in [4.78, 5) is 19.0. The highest BCUT2D eigenvalue weighted by molar-refractivity contribution is 5.81. The van der Waals surface area contributed by atoms with Crippen LogP contribution in [-0.2, 0) is 11.3 Å². The van der Waals surface area contributed by atoms with Crippen LogP contribution in [-0.4, -0.2) is 39.3 Å². The van der Waals surface area contributed by atoms with Gasteiger partial charge in [0.15, 0.2) is 0 Å². The molecule has 1 amide bonds. The molecule has 1 aliphatic heterocycles. The minimum Gasteiger partial charge on any atom is -0.342 e. The molecule has 1 saturated carbocycles. The van der Waals surface area contributed by atoms with Crippen molar-refractivity contribution in [1.82, 2.24) is 19.6 Å². The second kappa shape index (κ2) is 6.79. The molecular formula is C20H28N4O. The van der Waals surface area contributed by atoms with E-state index in [2.05, 4.69) is 51.8 Å². The van der Waals surface area contributed by atoms with Crippen molar-refractivity contribution in [2.75, 3.05) is 13.1 Å². The molecule has 2 aromatic rings. The Balaban J connectivity index is 1.40. The second-order valence-corrected chi connectivity index (χ2v) is 7.64. The van der Waals surface area contributed by atoms with Crippen molar-refractivity contribution in [2.24, 2.45) is 11.8 Å². The number of piperidine rings is 1. The average molecular weight is 340 g/mol. The van der Waals surface area contributed by atoms with Crippen LogP contribution in [0.1, 0.15) is 43.9 Å². The number of carbonyl (C=O) groups is 1. The normalized spacial score (nSPS) is 24.0. The van der Waals surface area contributed by atoms with Crippen LogP contribution in [0.25, 0.3) is 5.65 Å². The summed E-state index contributed by atoms with van der Waals surface area (Å²) < 4.78 is 2.18. The van der Waals surface area contributed by atoms with Crippen molar-refractivity contribution >= 4 is 11.6 Å². The maximum atomic E-state index is 12.3. The van der Waals surface area contributed by atoms with E-state index in [-0.39, 0.29) is 0 Å². The highest BCUT2D eigenvalue weighted by atomic mass is 16.2. The Bertz CT molecular complexity index is 764. The molecule has 4 rings (SSSR count). The van der Waals surface area contributed by atoms with Crippen molar-refractivity contribution in [3.05, 3.63) is 35.8 Å². The Hall–Kier alpha value is -1.88. The number of imidazole rings is 1. The number of fused-ring (bicyclic) bond motifs is 1. The van der Waals surface area contributed by atoms with Gasteiger partial charge in [0.1, 0.15) is 5.65 Å². The average Bonchev–Trinajstić information content (AvgIpc) is 3.40. The van der Waals surface area contributed by atoms with Gasteiger partial charge in [-0.2, -0.15) is 0 Å². The van der Waals surface area contributed by atoms with Crippen molar-refractivity contribution in [2.45, 2.75) is 52.1 Å². The Labute approximate surface area is 149 Å². The van der Waals surface area contributed by atoms with Crippen LogP contribution >= 0.6 is 0 Å². The lowest BCUT2D eigenvalue weighted by molar-refractivity contribution is -0.134. The molecule has 0 aromatic carbocycles. The van der Waals surface area contributed by atoms with Gasteiger partial charge in [0.25, 0.3) is 0 Å². The summed E-state index contributed by atoms with van der Waals surface area (Å²) in [6.07, 6.45) is 8.41. The second-order valence-electron chi connectivity index (χ2n) is 7.64. The number of hydrogen-bond acceptors (Lipinski definition) is 3. The lowest BCUT2D eigenvalue weighted by Crippen LogP contribution is -2.51. The first-order chi connectivity index (χ1) is 12.2. The van der Waals surface area contributed by atoms with Gasteiger partial charge in [-0.25, -0.2) is 4.98 Å². The van der Waals surface area contributed by atoms with E-state index in [0.29, 0.717) is 23.8 Å². The van der Waals surface area contributed by atoms with Crippen LogP contribution in [0.3, 0.4) is 0 Å². The van der Waals surface area contributed by atoms with Crippen molar-refractivity contribution in [1.29, 1.82) is 0 Å². The molecule has 0 spiro atoms. The molecule has 0 unspecified atom stereocenters. The summed E-state index contributed by atoms with van der Waals surface area (Å²) in [5.74, 6) is 1.27. The molecule has 1 aliphatic carbocycles. The predicted molar refractivity (Wildman–Crippen MR) is 98.3 cm³/mol. The van der Waals surface area contributed by atoms with Crippen LogP contribution < -0.4 is 5.32 Å². The van der Waals surface area contributed by atoms with Crippen molar-refractivity contribution < 1.29 is 4.79 Å². The van der Waals surface area contributed by atoms with Gasteiger partial charge in [0, 0.05) is 37.8 Å². The van der Waals surface area contributed by atoms with E-state index in [1.165, 1.54) is 11.3 Å². The first-order valence-corrected chi connectivity index (χ1v) is 9.61. The van der Waals surface area contributed by atoms with Crippen LogP contribution in [0, 0.1) is 18.8 Å².